The Labute approximate surface area is 106 Å². The highest BCUT2D eigenvalue weighted by Crippen LogP contribution is 2.32. The molecule has 1 aromatic carbocycles. The van der Waals surface area contributed by atoms with E-state index in [0.29, 0.717) is 12.1 Å². The number of benzene rings is 1. The van der Waals surface area contributed by atoms with Gasteiger partial charge in [0.25, 0.3) is 0 Å². The number of hydrogen-bond donors (Lipinski definition) is 0. The Bertz CT molecular complexity index is 386. The van der Waals surface area contributed by atoms with Crippen LogP contribution >= 0.6 is 0 Å². The molecule has 1 rings (SSSR count). The Kier molecular flexibility index (Phi) is 5.33. The van der Waals surface area contributed by atoms with E-state index in [9.17, 15) is 13.2 Å². The van der Waals surface area contributed by atoms with Crippen LogP contribution in [0.3, 0.4) is 0 Å². The maximum absolute atomic E-state index is 13.7. The van der Waals surface area contributed by atoms with Crippen LogP contribution in [0.25, 0.3) is 0 Å². The Hall–Kier alpha value is -0.893. The Morgan fingerprint density at radius 1 is 1.06 bits per heavy atom. The second-order valence-electron chi connectivity index (χ2n) is 3.37. The molecule has 0 aliphatic carbocycles. The minimum Gasteiger partial charge on any atom is -0.376 e. The number of hydrogen-bond acceptors (Lipinski definition) is 3. The van der Waals surface area contributed by atoms with Gasteiger partial charge in [0.05, 0.1) is 0 Å². The minimum absolute atomic E-state index is 0.124. The van der Waals surface area contributed by atoms with E-state index in [4.69, 9.17) is 13.9 Å². The molecule has 0 amide bonds. The zero-order valence-corrected chi connectivity index (χ0v) is 12.4. The van der Waals surface area contributed by atoms with E-state index < -0.39 is 29.0 Å². The van der Waals surface area contributed by atoms with Crippen LogP contribution in [0.1, 0.15) is 19.4 Å². The molecule has 0 radical (unpaired) electrons. The molecule has 0 aromatic heterocycles. The summed E-state index contributed by atoms with van der Waals surface area (Å²) in [4.78, 5) is 0. The predicted octanol–water partition coefficient (Wildman–Crippen LogP) is 1.58. The van der Waals surface area contributed by atoms with Crippen molar-refractivity contribution < 1.29 is 27.1 Å². The van der Waals surface area contributed by atoms with Gasteiger partial charge in [-0.15, -0.1) is 0 Å². The highest BCUT2D eigenvalue weighted by molar-refractivity contribution is 5.98. The third-order valence-electron chi connectivity index (χ3n) is 2.25. The molecular weight excluding hydrogens is 265 g/mol. The summed E-state index contributed by atoms with van der Waals surface area (Å²) < 4.78 is 55.8. The summed E-state index contributed by atoms with van der Waals surface area (Å²) in [5.74, 6) is -5.17. The van der Waals surface area contributed by atoms with Gasteiger partial charge in [-0.05, 0) is 13.8 Å². The molecule has 0 saturated carbocycles. The first-order valence-corrected chi connectivity index (χ1v) is 6.30. The minimum atomic E-state index is -1.95. The maximum Gasteiger partial charge on any atom is 0.307 e. The fraction of sp³-hybridized carbons (Fsp3) is 0.455. The lowest BCUT2D eigenvalue weighted by Gasteiger charge is -2.32. The van der Waals surface area contributed by atoms with Gasteiger partial charge >= 0.3 is 5.97 Å². The maximum atomic E-state index is 13.7. The van der Waals surface area contributed by atoms with Gasteiger partial charge in [-0.1, -0.05) is 0 Å². The lowest BCUT2D eigenvalue weighted by Crippen LogP contribution is -2.38. The van der Waals surface area contributed by atoms with Gasteiger partial charge in [-0.3, -0.25) is 0 Å². The van der Waals surface area contributed by atoms with E-state index in [2.05, 4.69) is 0 Å². The molecule has 0 heterocycles. The molecule has 0 spiro atoms. The van der Waals surface area contributed by atoms with E-state index in [0.717, 1.165) is 0 Å². The van der Waals surface area contributed by atoms with Crippen molar-refractivity contribution in [1.29, 1.82) is 0 Å². The van der Waals surface area contributed by atoms with Crippen molar-refractivity contribution in [2.45, 2.75) is 19.8 Å². The lowest BCUT2D eigenvalue weighted by atomic mass is 10.1. The Morgan fingerprint density at radius 3 is 1.83 bits per heavy atom. The summed E-state index contributed by atoms with van der Waals surface area (Å²) in [6.07, 6.45) is 0. The largest absolute Gasteiger partial charge is 0.376 e. The van der Waals surface area contributed by atoms with Crippen molar-refractivity contribution in [2.24, 2.45) is 0 Å². The summed E-state index contributed by atoms with van der Waals surface area (Å²) >= 11 is 0. The van der Waals surface area contributed by atoms with Crippen molar-refractivity contribution in [2.75, 3.05) is 13.2 Å². The summed E-state index contributed by atoms with van der Waals surface area (Å²) in [6.45, 7) is 3.51. The van der Waals surface area contributed by atoms with Crippen LogP contribution in [-0.4, -0.2) is 23.7 Å². The molecular formula is C11H15F3O3Si. The van der Waals surface area contributed by atoms with Crippen molar-refractivity contribution in [3.8, 4) is 0 Å². The number of rotatable bonds is 6. The summed E-state index contributed by atoms with van der Waals surface area (Å²) in [5, 5.41) is 0. The van der Waals surface area contributed by atoms with Gasteiger partial charge in [0, 0.05) is 25.3 Å². The van der Waals surface area contributed by atoms with E-state index in [1.165, 1.54) is 0 Å². The first-order chi connectivity index (χ1) is 8.50. The van der Waals surface area contributed by atoms with Crippen molar-refractivity contribution in [3.63, 3.8) is 0 Å². The van der Waals surface area contributed by atoms with E-state index in [1.807, 2.05) is 0 Å². The molecule has 0 atom stereocenters. The molecule has 0 N–H and O–H groups in total. The molecule has 3 nitrogen and oxygen atoms in total. The summed E-state index contributed by atoms with van der Waals surface area (Å²) in [7, 11) is 0.126. The van der Waals surface area contributed by atoms with Crippen LogP contribution in [0.4, 0.5) is 13.2 Å². The standard InChI is InChI=1S/C11H15F3O3Si/c1-3-15-11(17-18,16-4-2)10-8(13)5-7(12)6-9(10)14/h5-6H,3-4H2,1-2,18H3. The molecule has 18 heavy (non-hydrogen) atoms. The van der Waals surface area contributed by atoms with Crippen LogP contribution in [-0.2, 0) is 19.9 Å². The average molecular weight is 280 g/mol. The topological polar surface area (TPSA) is 27.7 Å². The van der Waals surface area contributed by atoms with Crippen molar-refractivity contribution >= 4 is 10.5 Å². The van der Waals surface area contributed by atoms with Crippen molar-refractivity contribution in [3.05, 3.63) is 35.1 Å². The smallest absolute Gasteiger partial charge is 0.307 e. The molecule has 7 heteroatoms. The summed E-state index contributed by atoms with van der Waals surface area (Å²) in [5.41, 5.74) is -0.567. The van der Waals surface area contributed by atoms with Gasteiger partial charge in [-0.25, -0.2) is 13.2 Å². The molecule has 0 saturated heterocycles. The number of ether oxygens (including phenoxy) is 2. The third-order valence-corrected chi connectivity index (χ3v) is 2.79. The molecule has 0 aliphatic heterocycles. The lowest BCUT2D eigenvalue weighted by molar-refractivity contribution is -0.355. The first kappa shape index (κ1) is 15.2. The Morgan fingerprint density at radius 2 is 1.50 bits per heavy atom. The van der Waals surface area contributed by atoms with Gasteiger partial charge in [0.15, 0.2) is 10.5 Å². The van der Waals surface area contributed by atoms with Crippen LogP contribution in [0.15, 0.2) is 12.1 Å². The quantitative estimate of drug-likeness (QED) is 0.585. The van der Waals surface area contributed by atoms with Gasteiger partial charge in [0.2, 0.25) is 0 Å². The SMILES string of the molecule is CCOC(O[SiH3])(OCC)c1c(F)cc(F)cc1F. The van der Waals surface area contributed by atoms with Gasteiger partial charge < -0.3 is 13.9 Å². The second-order valence-corrected chi connectivity index (χ2v) is 3.78. The van der Waals surface area contributed by atoms with E-state index >= 15 is 0 Å². The predicted molar refractivity (Wildman–Crippen MR) is 62.3 cm³/mol. The molecule has 0 fully saturated rings. The van der Waals surface area contributed by atoms with Gasteiger partial charge in [-0.2, -0.15) is 0 Å². The molecule has 1 aromatic rings. The number of halogens is 3. The average Bonchev–Trinajstić information content (AvgIpc) is 2.27. The van der Waals surface area contributed by atoms with Crippen LogP contribution < -0.4 is 0 Å². The summed E-state index contributed by atoms with van der Waals surface area (Å²) in [6, 6.07) is 1.12. The van der Waals surface area contributed by atoms with Crippen LogP contribution in [0.2, 0.25) is 0 Å². The van der Waals surface area contributed by atoms with Crippen LogP contribution in [0, 0.1) is 17.5 Å². The highest BCUT2D eigenvalue weighted by atomic mass is 28.2. The molecule has 0 aliphatic rings. The molecule has 0 bridgehead atoms. The van der Waals surface area contributed by atoms with Crippen LogP contribution in [0.5, 0.6) is 0 Å². The zero-order chi connectivity index (χ0) is 13.8. The first-order valence-electron chi connectivity index (χ1n) is 5.48. The monoisotopic (exact) mass is 280 g/mol. The normalized spacial score (nSPS) is 12.1. The van der Waals surface area contributed by atoms with E-state index in [1.54, 1.807) is 13.8 Å². The fourth-order valence-electron chi connectivity index (χ4n) is 1.62. The highest BCUT2D eigenvalue weighted by Gasteiger charge is 2.39. The third kappa shape index (κ3) is 2.92. The fourth-order valence-corrected chi connectivity index (χ4v) is 2.06. The Balaban J connectivity index is 3.36. The van der Waals surface area contributed by atoms with E-state index in [-0.39, 0.29) is 23.7 Å². The van der Waals surface area contributed by atoms with Gasteiger partial charge in [0.1, 0.15) is 23.0 Å². The molecule has 102 valence electrons. The second kappa shape index (κ2) is 6.33. The molecule has 0 unspecified atom stereocenters. The zero-order valence-electron chi connectivity index (χ0n) is 10.4. The van der Waals surface area contributed by atoms with Crippen molar-refractivity contribution in [1.82, 2.24) is 0 Å².